The summed E-state index contributed by atoms with van der Waals surface area (Å²) in [6.07, 6.45) is 8.71. The number of rotatable bonds is 0. The van der Waals surface area contributed by atoms with Gasteiger partial charge in [-0.25, -0.2) is 0 Å². The van der Waals surface area contributed by atoms with Gasteiger partial charge in [-0.3, -0.25) is 0 Å². The summed E-state index contributed by atoms with van der Waals surface area (Å²) in [4.78, 5) is 0. The van der Waals surface area contributed by atoms with E-state index in [1.807, 2.05) is 0 Å². The Labute approximate surface area is 93.2 Å². The van der Waals surface area contributed by atoms with Crippen LogP contribution in [0, 0.1) is 23.2 Å². The van der Waals surface area contributed by atoms with Gasteiger partial charge in [0, 0.05) is 6.04 Å². The lowest BCUT2D eigenvalue weighted by Gasteiger charge is -2.39. The van der Waals surface area contributed by atoms with Crippen LogP contribution >= 0.6 is 12.4 Å². The van der Waals surface area contributed by atoms with Crippen molar-refractivity contribution in [3.8, 4) is 0 Å². The fourth-order valence-electron chi connectivity index (χ4n) is 4.65. The molecule has 3 aliphatic rings. The quantitative estimate of drug-likeness (QED) is 0.661. The third-order valence-corrected chi connectivity index (χ3v) is 5.29. The lowest BCUT2D eigenvalue weighted by molar-refractivity contribution is 0.134. The highest BCUT2D eigenvalue weighted by Gasteiger charge is 2.58. The maximum atomic E-state index is 6.42. The predicted octanol–water partition coefficient (Wildman–Crippen LogP) is 2.97. The Bertz CT molecular complexity index is 226. The highest BCUT2D eigenvalue weighted by Crippen LogP contribution is 2.62. The van der Waals surface area contributed by atoms with Gasteiger partial charge in [-0.2, -0.15) is 0 Å². The molecule has 0 aromatic rings. The van der Waals surface area contributed by atoms with E-state index in [1.54, 1.807) is 0 Å². The van der Waals surface area contributed by atoms with Crippen molar-refractivity contribution in [2.45, 2.75) is 51.5 Å². The largest absolute Gasteiger partial charge is 0.327 e. The first-order chi connectivity index (χ1) is 6.22. The van der Waals surface area contributed by atoms with Gasteiger partial charge in [0.2, 0.25) is 0 Å². The standard InChI is InChI=1S/C12H21N.ClH/c1-8-4-5-12(7-8)10-3-2-9(6-10)11(12)13;/h8-11H,2-7,13H2,1H3;1H/t8-,9-,10+,11-,12-;/m1./s1. The summed E-state index contributed by atoms with van der Waals surface area (Å²) in [6, 6.07) is 0.566. The van der Waals surface area contributed by atoms with E-state index < -0.39 is 0 Å². The van der Waals surface area contributed by atoms with Gasteiger partial charge in [-0.05, 0) is 55.3 Å². The second kappa shape index (κ2) is 3.38. The van der Waals surface area contributed by atoms with E-state index in [1.165, 1.54) is 38.5 Å². The number of fused-ring (bicyclic) bond motifs is 3. The van der Waals surface area contributed by atoms with E-state index in [4.69, 9.17) is 5.73 Å². The van der Waals surface area contributed by atoms with Crippen molar-refractivity contribution >= 4 is 12.4 Å². The molecule has 1 nitrogen and oxygen atoms in total. The maximum Gasteiger partial charge on any atom is 0.0127 e. The SMILES string of the molecule is C[C@@H]1CC[C@@]2(C1)[C@H]1CC[C@H](C1)[C@H]2N.Cl. The minimum Gasteiger partial charge on any atom is -0.327 e. The third kappa shape index (κ3) is 1.18. The summed E-state index contributed by atoms with van der Waals surface area (Å²) in [7, 11) is 0. The fraction of sp³-hybridized carbons (Fsp3) is 1.00. The average molecular weight is 216 g/mol. The van der Waals surface area contributed by atoms with Crippen LogP contribution in [-0.4, -0.2) is 6.04 Å². The van der Waals surface area contributed by atoms with Crippen molar-refractivity contribution < 1.29 is 0 Å². The van der Waals surface area contributed by atoms with Gasteiger partial charge < -0.3 is 5.73 Å². The molecule has 82 valence electrons. The van der Waals surface area contributed by atoms with Crippen LogP contribution in [-0.2, 0) is 0 Å². The molecule has 0 saturated heterocycles. The Morgan fingerprint density at radius 1 is 1.21 bits per heavy atom. The summed E-state index contributed by atoms with van der Waals surface area (Å²) >= 11 is 0. The van der Waals surface area contributed by atoms with E-state index in [0.717, 1.165) is 17.8 Å². The molecule has 2 bridgehead atoms. The van der Waals surface area contributed by atoms with Crippen LogP contribution in [0.2, 0.25) is 0 Å². The van der Waals surface area contributed by atoms with Gasteiger partial charge in [0.15, 0.2) is 0 Å². The molecule has 0 unspecified atom stereocenters. The summed E-state index contributed by atoms with van der Waals surface area (Å²) in [5.74, 6) is 2.86. The molecule has 1 spiro atoms. The fourth-order valence-corrected chi connectivity index (χ4v) is 4.65. The van der Waals surface area contributed by atoms with Crippen LogP contribution < -0.4 is 5.73 Å². The molecule has 3 fully saturated rings. The number of hydrogen-bond donors (Lipinski definition) is 1. The van der Waals surface area contributed by atoms with E-state index in [9.17, 15) is 0 Å². The molecule has 0 radical (unpaired) electrons. The molecule has 14 heavy (non-hydrogen) atoms. The molecule has 3 aliphatic carbocycles. The molecule has 0 amide bonds. The molecule has 3 rings (SSSR count). The molecule has 2 heteroatoms. The zero-order chi connectivity index (χ0) is 9.05. The van der Waals surface area contributed by atoms with Crippen LogP contribution in [0.4, 0.5) is 0 Å². The Morgan fingerprint density at radius 3 is 2.50 bits per heavy atom. The van der Waals surface area contributed by atoms with E-state index >= 15 is 0 Å². The van der Waals surface area contributed by atoms with E-state index in [0.29, 0.717) is 11.5 Å². The van der Waals surface area contributed by atoms with Crippen LogP contribution in [0.5, 0.6) is 0 Å². The van der Waals surface area contributed by atoms with Crippen molar-refractivity contribution in [3.63, 3.8) is 0 Å². The Balaban J connectivity index is 0.000000750. The van der Waals surface area contributed by atoms with Crippen LogP contribution in [0.1, 0.15) is 45.4 Å². The lowest BCUT2D eigenvalue weighted by atomic mass is 9.68. The Hall–Kier alpha value is 0.250. The smallest absolute Gasteiger partial charge is 0.0127 e. The molecular formula is C12H22ClN. The highest BCUT2D eigenvalue weighted by atomic mass is 35.5. The monoisotopic (exact) mass is 215 g/mol. The first kappa shape index (κ1) is 10.8. The van der Waals surface area contributed by atoms with Gasteiger partial charge in [-0.1, -0.05) is 13.3 Å². The molecule has 0 heterocycles. The molecule has 0 aromatic carbocycles. The normalized spacial score (nSPS) is 55.3. The second-order valence-corrected chi connectivity index (χ2v) is 5.88. The van der Waals surface area contributed by atoms with Crippen LogP contribution in [0.15, 0.2) is 0 Å². The van der Waals surface area contributed by atoms with Crippen molar-refractivity contribution in [2.24, 2.45) is 28.9 Å². The van der Waals surface area contributed by atoms with Crippen molar-refractivity contribution in [2.75, 3.05) is 0 Å². The zero-order valence-corrected chi connectivity index (χ0v) is 9.85. The Morgan fingerprint density at radius 2 is 2.00 bits per heavy atom. The molecule has 2 N–H and O–H groups in total. The number of hydrogen-bond acceptors (Lipinski definition) is 1. The summed E-state index contributed by atoms with van der Waals surface area (Å²) in [5.41, 5.74) is 7.04. The number of nitrogens with two attached hydrogens (primary N) is 1. The first-order valence-electron chi connectivity index (χ1n) is 5.98. The maximum absolute atomic E-state index is 6.42. The van der Waals surface area contributed by atoms with Crippen LogP contribution in [0.25, 0.3) is 0 Å². The highest BCUT2D eigenvalue weighted by molar-refractivity contribution is 5.85. The second-order valence-electron chi connectivity index (χ2n) is 5.88. The molecule has 0 aromatic heterocycles. The minimum atomic E-state index is 0. The topological polar surface area (TPSA) is 26.0 Å². The van der Waals surface area contributed by atoms with E-state index in [2.05, 4.69) is 6.92 Å². The Kier molecular flexibility index (Phi) is 2.60. The van der Waals surface area contributed by atoms with Crippen molar-refractivity contribution in [1.29, 1.82) is 0 Å². The summed E-state index contributed by atoms with van der Waals surface area (Å²) in [6.45, 7) is 2.41. The third-order valence-electron chi connectivity index (χ3n) is 5.29. The van der Waals surface area contributed by atoms with Crippen molar-refractivity contribution in [1.82, 2.24) is 0 Å². The predicted molar refractivity (Wildman–Crippen MR) is 61.5 cm³/mol. The molecule has 5 atom stereocenters. The molecule has 0 aliphatic heterocycles. The van der Waals surface area contributed by atoms with E-state index in [-0.39, 0.29) is 12.4 Å². The van der Waals surface area contributed by atoms with Gasteiger partial charge in [0.1, 0.15) is 0 Å². The van der Waals surface area contributed by atoms with Gasteiger partial charge in [-0.15, -0.1) is 12.4 Å². The van der Waals surface area contributed by atoms with Crippen molar-refractivity contribution in [3.05, 3.63) is 0 Å². The first-order valence-corrected chi connectivity index (χ1v) is 5.98. The summed E-state index contributed by atoms with van der Waals surface area (Å²) in [5, 5.41) is 0. The summed E-state index contributed by atoms with van der Waals surface area (Å²) < 4.78 is 0. The lowest BCUT2D eigenvalue weighted by Crippen LogP contribution is -2.44. The molecule has 3 saturated carbocycles. The average Bonchev–Trinajstić information content (AvgIpc) is 2.73. The van der Waals surface area contributed by atoms with Crippen LogP contribution in [0.3, 0.4) is 0 Å². The zero-order valence-electron chi connectivity index (χ0n) is 9.04. The van der Waals surface area contributed by atoms with Gasteiger partial charge in [0.05, 0.1) is 0 Å². The molecular weight excluding hydrogens is 194 g/mol. The van der Waals surface area contributed by atoms with Gasteiger partial charge in [0.25, 0.3) is 0 Å². The minimum absolute atomic E-state index is 0. The van der Waals surface area contributed by atoms with Gasteiger partial charge >= 0.3 is 0 Å². The number of halogens is 1.